The number of aliphatic imine (C=N–C) groups is 2. The van der Waals surface area contributed by atoms with Crippen molar-refractivity contribution in [3.63, 3.8) is 0 Å². The van der Waals surface area contributed by atoms with Crippen LogP contribution in [0.2, 0.25) is 0 Å². The van der Waals surface area contributed by atoms with Gasteiger partial charge in [-0.05, 0) is 12.8 Å². The molecule has 58 valence electrons. The minimum absolute atomic E-state index is 0.0402. The fourth-order valence-corrected chi connectivity index (χ4v) is 1.37. The van der Waals surface area contributed by atoms with E-state index in [0.29, 0.717) is 5.84 Å². The van der Waals surface area contributed by atoms with Crippen LogP contribution in [0.5, 0.6) is 0 Å². The second-order valence-corrected chi connectivity index (χ2v) is 2.70. The van der Waals surface area contributed by atoms with Crippen molar-refractivity contribution in [3.05, 3.63) is 0 Å². The van der Waals surface area contributed by atoms with E-state index in [0.717, 1.165) is 19.4 Å². The van der Waals surface area contributed by atoms with Gasteiger partial charge in [-0.3, -0.25) is 9.79 Å². The SMILES string of the molecule is O=C1NC=NC2=NCCCC12. The van der Waals surface area contributed by atoms with Crippen LogP contribution in [-0.4, -0.2) is 24.6 Å². The summed E-state index contributed by atoms with van der Waals surface area (Å²) in [7, 11) is 0. The molecule has 0 saturated heterocycles. The number of fused-ring (bicyclic) bond motifs is 1. The fraction of sp³-hybridized carbons (Fsp3) is 0.571. The molecular formula is C7H9N3O. The zero-order valence-electron chi connectivity index (χ0n) is 6.08. The first-order valence-corrected chi connectivity index (χ1v) is 3.75. The van der Waals surface area contributed by atoms with Crippen LogP contribution in [0.4, 0.5) is 0 Å². The molecule has 0 bridgehead atoms. The third-order valence-electron chi connectivity index (χ3n) is 1.96. The standard InChI is InChI=1S/C7H9N3O/c11-7-5-2-1-3-8-6(5)9-4-10-7/h4-5H,1-3H2,(H,8,9,10,11). The maximum atomic E-state index is 11.1. The highest BCUT2D eigenvalue weighted by molar-refractivity contribution is 6.12. The normalized spacial score (nSPS) is 28.9. The first-order valence-electron chi connectivity index (χ1n) is 3.75. The van der Waals surface area contributed by atoms with E-state index in [1.807, 2.05) is 0 Å². The monoisotopic (exact) mass is 151 g/mol. The molecule has 1 unspecified atom stereocenters. The van der Waals surface area contributed by atoms with Crippen LogP contribution in [-0.2, 0) is 4.79 Å². The van der Waals surface area contributed by atoms with Gasteiger partial charge in [-0.15, -0.1) is 0 Å². The minimum atomic E-state index is -0.0752. The summed E-state index contributed by atoms with van der Waals surface area (Å²) in [6.07, 6.45) is 3.31. The number of nitrogens with one attached hydrogen (secondary N) is 1. The number of carbonyl (C=O) groups excluding carboxylic acids is 1. The number of hydrogen-bond acceptors (Lipinski definition) is 3. The van der Waals surface area contributed by atoms with Crippen LogP contribution in [0.3, 0.4) is 0 Å². The molecule has 2 aliphatic rings. The van der Waals surface area contributed by atoms with Crippen LogP contribution in [0.15, 0.2) is 9.98 Å². The molecule has 1 atom stereocenters. The second-order valence-electron chi connectivity index (χ2n) is 2.70. The highest BCUT2D eigenvalue weighted by Crippen LogP contribution is 2.17. The first-order chi connectivity index (χ1) is 5.38. The van der Waals surface area contributed by atoms with Crippen LogP contribution in [0.25, 0.3) is 0 Å². The van der Waals surface area contributed by atoms with Crippen molar-refractivity contribution < 1.29 is 4.79 Å². The van der Waals surface area contributed by atoms with Gasteiger partial charge in [0, 0.05) is 6.54 Å². The number of nitrogens with zero attached hydrogens (tertiary/aromatic N) is 2. The zero-order valence-corrected chi connectivity index (χ0v) is 6.08. The Morgan fingerprint density at radius 2 is 2.55 bits per heavy atom. The van der Waals surface area contributed by atoms with Crippen LogP contribution in [0.1, 0.15) is 12.8 Å². The molecule has 2 heterocycles. The van der Waals surface area contributed by atoms with Crippen molar-refractivity contribution in [2.45, 2.75) is 12.8 Å². The van der Waals surface area contributed by atoms with Gasteiger partial charge in [-0.2, -0.15) is 0 Å². The molecule has 4 heteroatoms. The Bertz CT molecular complexity index is 244. The first kappa shape index (κ1) is 6.52. The van der Waals surface area contributed by atoms with Gasteiger partial charge in [0.1, 0.15) is 5.84 Å². The van der Waals surface area contributed by atoms with Crippen LogP contribution < -0.4 is 5.32 Å². The summed E-state index contributed by atoms with van der Waals surface area (Å²) < 4.78 is 0. The summed E-state index contributed by atoms with van der Waals surface area (Å²) in [6, 6.07) is 0. The minimum Gasteiger partial charge on any atom is -0.316 e. The number of amides is 1. The topological polar surface area (TPSA) is 53.8 Å². The molecule has 0 saturated carbocycles. The largest absolute Gasteiger partial charge is 0.316 e. The molecule has 0 radical (unpaired) electrons. The number of carbonyl (C=O) groups is 1. The molecule has 0 aromatic rings. The lowest BCUT2D eigenvalue weighted by molar-refractivity contribution is -0.121. The summed E-state index contributed by atoms with van der Waals surface area (Å²) in [4.78, 5) is 19.3. The van der Waals surface area contributed by atoms with E-state index >= 15 is 0 Å². The van der Waals surface area contributed by atoms with E-state index in [1.165, 1.54) is 6.34 Å². The van der Waals surface area contributed by atoms with Gasteiger partial charge in [0.05, 0.1) is 12.3 Å². The number of hydrogen-bond donors (Lipinski definition) is 1. The summed E-state index contributed by atoms with van der Waals surface area (Å²) in [5, 5.41) is 2.57. The van der Waals surface area contributed by atoms with Crippen LogP contribution >= 0.6 is 0 Å². The highest BCUT2D eigenvalue weighted by atomic mass is 16.2. The predicted octanol–water partition coefficient (Wildman–Crippen LogP) is -0.0470. The molecule has 0 aromatic carbocycles. The molecule has 0 spiro atoms. The lowest BCUT2D eigenvalue weighted by Crippen LogP contribution is -2.40. The fourth-order valence-electron chi connectivity index (χ4n) is 1.37. The van der Waals surface area contributed by atoms with Crippen molar-refractivity contribution in [1.82, 2.24) is 5.32 Å². The van der Waals surface area contributed by atoms with Crippen molar-refractivity contribution in [1.29, 1.82) is 0 Å². The predicted molar refractivity (Wildman–Crippen MR) is 41.7 cm³/mol. The maximum Gasteiger partial charge on any atom is 0.235 e. The molecule has 1 N–H and O–H groups in total. The highest BCUT2D eigenvalue weighted by Gasteiger charge is 2.27. The Kier molecular flexibility index (Phi) is 1.45. The van der Waals surface area contributed by atoms with Crippen molar-refractivity contribution in [3.8, 4) is 0 Å². The quantitative estimate of drug-likeness (QED) is 0.518. The molecule has 11 heavy (non-hydrogen) atoms. The van der Waals surface area contributed by atoms with Crippen LogP contribution in [0, 0.1) is 5.92 Å². The molecule has 2 aliphatic heterocycles. The molecule has 2 rings (SSSR count). The summed E-state index contributed by atoms with van der Waals surface area (Å²) in [5.41, 5.74) is 0. The Morgan fingerprint density at radius 1 is 1.64 bits per heavy atom. The van der Waals surface area contributed by atoms with Gasteiger partial charge in [-0.1, -0.05) is 0 Å². The van der Waals surface area contributed by atoms with Crippen molar-refractivity contribution in [2.24, 2.45) is 15.9 Å². The van der Waals surface area contributed by atoms with E-state index in [-0.39, 0.29) is 11.8 Å². The lowest BCUT2D eigenvalue weighted by Gasteiger charge is -2.21. The Balaban J connectivity index is 2.31. The summed E-state index contributed by atoms with van der Waals surface area (Å²) >= 11 is 0. The Morgan fingerprint density at radius 3 is 3.36 bits per heavy atom. The second kappa shape index (κ2) is 2.45. The molecule has 0 aliphatic carbocycles. The smallest absolute Gasteiger partial charge is 0.235 e. The van der Waals surface area contributed by atoms with E-state index < -0.39 is 0 Å². The maximum absolute atomic E-state index is 11.1. The summed E-state index contributed by atoms with van der Waals surface area (Å²) in [6.45, 7) is 0.816. The average molecular weight is 151 g/mol. The molecule has 0 fully saturated rings. The molecule has 4 nitrogen and oxygen atoms in total. The third-order valence-corrected chi connectivity index (χ3v) is 1.96. The van der Waals surface area contributed by atoms with Gasteiger partial charge >= 0.3 is 0 Å². The van der Waals surface area contributed by atoms with Crippen molar-refractivity contribution in [2.75, 3.05) is 6.54 Å². The third kappa shape index (κ3) is 1.04. The van der Waals surface area contributed by atoms with Crippen molar-refractivity contribution >= 4 is 18.1 Å². The van der Waals surface area contributed by atoms with Gasteiger partial charge < -0.3 is 5.32 Å². The Labute approximate surface area is 64.4 Å². The van der Waals surface area contributed by atoms with E-state index in [9.17, 15) is 4.79 Å². The van der Waals surface area contributed by atoms with Gasteiger partial charge in [0.2, 0.25) is 5.91 Å². The molecule has 1 amide bonds. The average Bonchev–Trinajstić information content (AvgIpc) is 2.06. The Hall–Kier alpha value is -1.19. The number of amidine groups is 1. The molecule has 0 aromatic heterocycles. The molecular weight excluding hydrogens is 142 g/mol. The number of rotatable bonds is 0. The zero-order chi connectivity index (χ0) is 7.68. The van der Waals surface area contributed by atoms with E-state index in [2.05, 4.69) is 15.3 Å². The lowest BCUT2D eigenvalue weighted by atomic mass is 9.98. The van der Waals surface area contributed by atoms with E-state index in [4.69, 9.17) is 0 Å². The van der Waals surface area contributed by atoms with E-state index in [1.54, 1.807) is 0 Å². The van der Waals surface area contributed by atoms with Gasteiger partial charge in [0.15, 0.2) is 0 Å². The summed E-state index contributed by atoms with van der Waals surface area (Å²) in [5.74, 6) is 0.673. The van der Waals surface area contributed by atoms with Gasteiger partial charge in [0.25, 0.3) is 0 Å². The van der Waals surface area contributed by atoms with Gasteiger partial charge in [-0.25, -0.2) is 4.99 Å².